The average molecular weight is 466 g/mol. The van der Waals surface area contributed by atoms with Crippen molar-refractivity contribution in [1.82, 2.24) is 24.8 Å². The fourth-order valence-electron chi connectivity index (χ4n) is 4.60. The third-order valence-electron chi connectivity index (χ3n) is 6.45. The van der Waals surface area contributed by atoms with Gasteiger partial charge in [-0.3, -0.25) is 0 Å². The number of ether oxygens (including phenoxy) is 3. The Morgan fingerprint density at radius 3 is 2.79 bits per heavy atom. The molecule has 2 fully saturated rings. The van der Waals surface area contributed by atoms with E-state index in [2.05, 4.69) is 25.9 Å². The molecule has 0 N–H and O–H groups in total. The van der Waals surface area contributed by atoms with Crippen LogP contribution in [0, 0.1) is 11.3 Å². The number of amides is 2. The molecular formula is C23H27N7O4. The molecule has 11 heteroatoms. The van der Waals surface area contributed by atoms with Crippen molar-refractivity contribution in [3.05, 3.63) is 35.4 Å². The minimum atomic E-state index is -0.118. The summed E-state index contributed by atoms with van der Waals surface area (Å²) < 4.78 is 16.8. The lowest BCUT2D eigenvalue weighted by Crippen LogP contribution is -2.47. The molecule has 0 unspecified atom stereocenters. The van der Waals surface area contributed by atoms with Gasteiger partial charge in [-0.2, -0.15) is 5.26 Å². The van der Waals surface area contributed by atoms with Crippen LogP contribution in [0.15, 0.2) is 18.6 Å². The van der Waals surface area contributed by atoms with Gasteiger partial charge in [0.1, 0.15) is 24.1 Å². The van der Waals surface area contributed by atoms with E-state index >= 15 is 0 Å². The van der Waals surface area contributed by atoms with Gasteiger partial charge in [0.25, 0.3) is 0 Å². The Morgan fingerprint density at radius 2 is 2.00 bits per heavy atom. The Labute approximate surface area is 197 Å². The zero-order chi connectivity index (χ0) is 23.5. The van der Waals surface area contributed by atoms with Gasteiger partial charge in [-0.05, 0) is 6.07 Å². The topological polar surface area (TPSA) is 117 Å². The van der Waals surface area contributed by atoms with E-state index in [0.29, 0.717) is 63.3 Å². The van der Waals surface area contributed by atoms with E-state index in [0.717, 1.165) is 36.3 Å². The molecule has 0 aliphatic carbocycles. The number of anilines is 1. The number of hydrogen-bond acceptors (Lipinski definition) is 9. The Bertz CT molecular complexity index is 1100. The molecule has 0 saturated carbocycles. The van der Waals surface area contributed by atoms with Crippen LogP contribution in [0.1, 0.15) is 23.2 Å². The van der Waals surface area contributed by atoms with Crippen molar-refractivity contribution in [2.24, 2.45) is 0 Å². The number of methoxy groups -OCH3 is 1. The summed E-state index contributed by atoms with van der Waals surface area (Å²) >= 11 is 0. The maximum atomic E-state index is 12.8. The van der Waals surface area contributed by atoms with Crippen LogP contribution in [0.3, 0.4) is 0 Å². The third-order valence-corrected chi connectivity index (χ3v) is 6.45. The maximum Gasteiger partial charge on any atom is 0.320 e. The molecule has 11 nitrogen and oxygen atoms in total. The summed E-state index contributed by atoms with van der Waals surface area (Å²) in [6.07, 6.45) is 4.62. The van der Waals surface area contributed by atoms with E-state index in [-0.39, 0.29) is 12.1 Å². The van der Waals surface area contributed by atoms with Crippen LogP contribution in [0.25, 0.3) is 0 Å². The van der Waals surface area contributed by atoms with Gasteiger partial charge in [0.2, 0.25) is 11.8 Å². The van der Waals surface area contributed by atoms with Crippen molar-refractivity contribution in [3.63, 3.8) is 0 Å². The minimum Gasteiger partial charge on any atom is -0.480 e. The van der Waals surface area contributed by atoms with Gasteiger partial charge in [-0.25, -0.2) is 19.7 Å². The number of carbonyl (C=O) groups is 1. The van der Waals surface area contributed by atoms with Crippen molar-refractivity contribution < 1.29 is 19.0 Å². The number of pyridine rings is 1. The van der Waals surface area contributed by atoms with E-state index in [1.54, 1.807) is 12.3 Å². The fraction of sp³-hybridized carbons (Fsp3) is 0.522. The van der Waals surface area contributed by atoms with Crippen LogP contribution >= 0.6 is 0 Å². The van der Waals surface area contributed by atoms with Gasteiger partial charge in [-0.15, -0.1) is 0 Å². The molecule has 2 aromatic rings. The van der Waals surface area contributed by atoms with Crippen molar-refractivity contribution in [1.29, 1.82) is 5.26 Å². The lowest BCUT2D eigenvalue weighted by atomic mass is 10.1. The molecule has 0 radical (unpaired) electrons. The average Bonchev–Trinajstić information content (AvgIpc) is 3.36. The monoisotopic (exact) mass is 465 g/mol. The van der Waals surface area contributed by atoms with Gasteiger partial charge in [0.05, 0.1) is 56.6 Å². The van der Waals surface area contributed by atoms with Crippen molar-refractivity contribution in [2.75, 3.05) is 57.9 Å². The number of hydrogen-bond donors (Lipinski definition) is 0. The number of rotatable bonds is 4. The van der Waals surface area contributed by atoms with E-state index in [4.69, 9.17) is 14.2 Å². The van der Waals surface area contributed by atoms with Gasteiger partial charge in [0.15, 0.2) is 0 Å². The first-order valence-electron chi connectivity index (χ1n) is 11.5. The second kappa shape index (κ2) is 9.69. The summed E-state index contributed by atoms with van der Waals surface area (Å²) in [6.45, 7) is 4.92. The Hall–Kier alpha value is -3.65. The lowest BCUT2D eigenvalue weighted by molar-refractivity contribution is 0.0443. The van der Waals surface area contributed by atoms with E-state index in [1.807, 2.05) is 9.80 Å². The predicted octanol–water partition coefficient (Wildman–Crippen LogP) is 1.22. The molecule has 178 valence electrons. The van der Waals surface area contributed by atoms with Crippen molar-refractivity contribution in [2.45, 2.75) is 25.5 Å². The number of aromatic nitrogens is 3. The predicted molar refractivity (Wildman–Crippen MR) is 121 cm³/mol. The summed E-state index contributed by atoms with van der Waals surface area (Å²) in [7, 11) is 1.50. The zero-order valence-corrected chi connectivity index (χ0v) is 19.1. The number of urea groups is 1. The van der Waals surface area contributed by atoms with Gasteiger partial charge in [0, 0.05) is 39.0 Å². The smallest absolute Gasteiger partial charge is 0.320 e. The second-order valence-corrected chi connectivity index (χ2v) is 8.49. The molecule has 0 bridgehead atoms. The molecule has 2 aromatic heterocycles. The Balaban J connectivity index is 1.28. The van der Waals surface area contributed by atoms with Crippen molar-refractivity contribution >= 4 is 11.7 Å². The van der Waals surface area contributed by atoms with Gasteiger partial charge < -0.3 is 28.9 Å². The summed E-state index contributed by atoms with van der Waals surface area (Å²) in [5, 5.41) is 9.41. The molecule has 34 heavy (non-hydrogen) atoms. The fourth-order valence-corrected chi connectivity index (χ4v) is 4.60. The van der Waals surface area contributed by atoms with Crippen LogP contribution < -0.4 is 14.4 Å². The number of morpholine rings is 1. The van der Waals surface area contributed by atoms with Crippen LogP contribution in [-0.4, -0.2) is 89.9 Å². The normalized spacial score (nSPS) is 20.0. The molecule has 3 aliphatic rings. The van der Waals surface area contributed by atoms with Gasteiger partial charge in [-0.1, -0.05) is 0 Å². The molecule has 1 atom stereocenters. The number of likely N-dealkylation sites (tertiary alicyclic amines) is 1. The highest BCUT2D eigenvalue weighted by Gasteiger charge is 2.32. The third kappa shape index (κ3) is 4.41. The molecule has 0 aromatic carbocycles. The standard InChI is InChI=1S/C23H27N7O4/c1-32-21-16(11-24)10-17(12-25-21)29-5-3-20-19(14-29)22(27-15-26-20)34-18-2-4-30(13-18)23(31)28-6-8-33-9-7-28/h10,12,15,18H,2-9,13-14H2,1H3/t18-/m0/s1. The first-order valence-corrected chi connectivity index (χ1v) is 11.5. The number of nitriles is 1. The molecule has 2 saturated heterocycles. The maximum absolute atomic E-state index is 12.8. The van der Waals surface area contributed by atoms with Gasteiger partial charge >= 0.3 is 6.03 Å². The highest BCUT2D eigenvalue weighted by molar-refractivity contribution is 5.75. The first kappa shape index (κ1) is 22.2. The van der Waals surface area contributed by atoms with Crippen LogP contribution in [0.4, 0.5) is 10.5 Å². The van der Waals surface area contributed by atoms with Crippen LogP contribution in [0.2, 0.25) is 0 Å². The summed E-state index contributed by atoms with van der Waals surface area (Å²) in [4.78, 5) is 31.8. The van der Waals surface area contributed by atoms with Crippen LogP contribution in [-0.2, 0) is 17.7 Å². The quantitative estimate of drug-likeness (QED) is 0.657. The summed E-state index contributed by atoms with van der Waals surface area (Å²) in [6, 6.07) is 3.97. The SMILES string of the molecule is COc1ncc(N2CCc3ncnc(O[C@H]4CCN(C(=O)N5CCOCC5)C4)c3C2)cc1C#N. The second-order valence-electron chi connectivity index (χ2n) is 8.49. The van der Waals surface area contributed by atoms with E-state index in [1.165, 1.54) is 13.4 Å². The minimum absolute atomic E-state index is 0.0468. The molecule has 3 aliphatic heterocycles. The van der Waals surface area contributed by atoms with E-state index < -0.39 is 0 Å². The van der Waals surface area contributed by atoms with Crippen LogP contribution in [0.5, 0.6) is 11.8 Å². The molecule has 2 amide bonds. The summed E-state index contributed by atoms with van der Waals surface area (Å²) in [5.74, 6) is 0.871. The molecular weight excluding hydrogens is 438 g/mol. The van der Waals surface area contributed by atoms with Crippen molar-refractivity contribution in [3.8, 4) is 17.8 Å². The molecule has 5 heterocycles. The number of fused-ring (bicyclic) bond motifs is 1. The first-order chi connectivity index (χ1) is 16.7. The highest BCUT2D eigenvalue weighted by Crippen LogP contribution is 2.31. The number of nitrogens with zero attached hydrogens (tertiary/aromatic N) is 7. The number of carbonyl (C=O) groups excluding carboxylic acids is 1. The zero-order valence-electron chi connectivity index (χ0n) is 19.1. The molecule has 0 spiro atoms. The largest absolute Gasteiger partial charge is 0.480 e. The molecule has 5 rings (SSSR count). The lowest BCUT2D eigenvalue weighted by Gasteiger charge is -2.31. The highest BCUT2D eigenvalue weighted by atomic mass is 16.5. The Kier molecular flexibility index (Phi) is 6.31. The Morgan fingerprint density at radius 1 is 1.15 bits per heavy atom. The van der Waals surface area contributed by atoms with E-state index in [9.17, 15) is 10.1 Å². The summed E-state index contributed by atoms with van der Waals surface area (Å²) in [5.41, 5.74) is 3.12.